The Kier molecular flexibility index (Phi) is 6.19. The topological polar surface area (TPSA) is 89.5 Å². The Hall–Kier alpha value is -2.94. The molecule has 1 fully saturated rings. The number of aliphatic imine (C=N–C) groups is 1. The largest absolute Gasteiger partial charge is 0.497 e. The Morgan fingerprint density at radius 3 is 2.59 bits per heavy atom. The van der Waals surface area contributed by atoms with E-state index in [0.717, 1.165) is 36.8 Å². The van der Waals surface area contributed by atoms with Gasteiger partial charge in [0.15, 0.2) is 5.96 Å². The number of rotatable bonds is 6. The minimum atomic E-state index is -3.09. The lowest BCUT2D eigenvalue weighted by molar-refractivity contribution is 0.000896. The van der Waals surface area contributed by atoms with Gasteiger partial charge in [-0.3, -0.25) is 4.68 Å². The molecule has 1 aliphatic heterocycles. The van der Waals surface area contributed by atoms with Crippen molar-refractivity contribution in [2.75, 3.05) is 13.7 Å². The molecule has 1 aliphatic carbocycles. The summed E-state index contributed by atoms with van der Waals surface area (Å²) in [6, 6.07) is 5.78. The predicted octanol–water partition coefficient (Wildman–Crippen LogP) is 3.35. The van der Waals surface area contributed by atoms with E-state index in [2.05, 4.69) is 20.7 Å². The average molecular weight is 445 g/mol. The standard InChI is InChI=1S/C23H30F2N6O/c1-31-14-16(12-29-31)20-13-27-21(30-23(20,26)18-6-4-3-5-7-18)28-15-22(24,25)17-8-10-19(32-2)11-9-17/h8-14,18H,3-7,15,26H2,1-2H3,(H2,27,28,30). The molecule has 2 heterocycles. The van der Waals surface area contributed by atoms with Gasteiger partial charge in [-0.2, -0.15) is 13.9 Å². The minimum absolute atomic E-state index is 0.0971. The number of nitrogens with one attached hydrogen (secondary N) is 2. The van der Waals surface area contributed by atoms with Crippen molar-refractivity contribution in [1.82, 2.24) is 20.4 Å². The molecule has 2 aromatic rings. The molecule has 2 aliphatic rings. The summed E-state index contributed by atoms with van der Waals surface area (Å²) in [6.45, 7) is -0.609. The molecule has 4 rings (SSSR count). The number of methoxy groups -OCH3 is 1. The first-order valence-corrected chi connectivity index (χ1v) is 10.9. The van der Waals surface area contributed by atoms with Gasteiger partial charge < -0.3 is 21.1 Å². The van der Waals surface area contributed by atoms with Crippen molar-refractivity contribution >= 4 is 11.5 Å². The van der Waals surface area contributed by atoms with Crippen LogP contribution in [0.5, 0.6) is 5.75 Å². The van der Waals surface area contributed by atoms with Gasteiger partial charge in [0.25, 0.3) is 5.92 Å². The van der Waals surface area contributed by atoms with Gasteiger partial charge in [0.05, 0.1) is 19.9 Å². The van der Waals surface area contributed by atoms with Crippen LogP contribution in [0, 0.1) is 5.92 Å². The molecule has 172 valence electrons. The van der Waals surface area contributed by atoms with Crippen molar-refractivity contribution in [1.29, 1.82) is 0 Å². The second kappa shape index (κ2) is 8.90. The number of halogens is 2. The van der Waals surface area contributed by atoms with E-state index < -0.39 is 18.1 Å². The van der Waals surface area contributed by atoms with Gasteiger partial charge in [-0.1, -0.05) is 19.3 Å². The summed E-state index contributed by atoms with van der Waals surface area (Å²) in [5, 5.41) is 10.3. The molecule has 1 aromatic heterocycles. The van der Waals surface area contributed by atoms with Crippen LogP contribution in [0.2, 0.25) is 0 Å². The zero-order chi connectivity index (χ0) is 22.8. The second-order valence-corrected chi connectivity index (χ2v) is 8.54. The fourth-order valence-electron chi connectivity index (χ4n) is 4.51. The van der Waals surface area contributed by atoms with E-state index in [1.165, 1.54) is 37.8 Å². The third-order valence-electron chi connectivity index (χ3n) is 6.35. The molecule has 4 N–H and O–H groups in total. The third kappa shape index (κ3) is 4.48. The summed E-state index contributed by atoms with van der Waals surface area (Å²) in [4.78, 5) is 4.37. The van der Waals surface area contributed by atoms with Crippen LogP contribution in [0.3, 0.4) is 0 Å². The Bertz CT molecular complexity index is 994. The van der Waals surface area contributed by atoms with Gasteiger partial charge in [-0.05, 0) is 43.0 Å². The number of aromatic nitrogens is 2. The smallest absolute Gasteiger partial charge is 0.290 e. The fraction of sp³-hybridized carbons (Fsp3) is 0.478. The summed E-state index contributed by atoms with van der Waals surface area (Å²) in [6.07, 6.45) is 10.6. The summed E-state index contributed by atoms with van der Waals surface area (Å²) >= 11 is 0. The molecule has 7 nitrogen and oxygen atoms in total. The maximum Gasteiger partial charge on any atom is 0.290 e. The van der Waals surface area contributed by atoms with Crippen LogP contribution in [-0.2, 0) is 13.0 Å². The lowest BCUT2D eigenvalue weighted by Crippen LogP contribution is -2.65. The molecule has 1 aromatic carbocycles. The summed E-state index contributed by atoms with van der Waals surface area (Å²) in [5.74, 6) is -2.15. The molecular weight excluding hydrogens is 414 g/mol. The molecule has 0 amide bonds. The summed E-state index contributed by atoms with van der Waals surface area (Å²) in [5.41, 5.74) is 7.64. The van der Waals surface area contributed by atoms with E-state index in [0.29, 0.717) is 5.75 Å². The lowest BCUT2D eigenvalue weighted by atomic mass is 9.75. The van der Waals surface area contributed by atoms with E-state index in [-0.39, 0.29) is 17.4 Å². The van der Waals surface area contributed by atoms with Crippen LogP contribution < -0.4 is 21.1 Å². The van der Waals surface area contributed by atoms with Gasteiger partial charge in [-0.25, -0.2) is 4.99 Å². The van der Waals surface area contributed by atoms with Crippen molar-refractivity contribution in [3.63, 3.8) is 0 Å². The van der Waals surface area contributed by atoms with Crippen molar-refractivity contribution in [3.05, 3.63) is 54.0 Å². The van der Waals surface area contributed by atoms with Gasteiger partial charge in [0.1, 0.15) is 11.4 Å². The first-order valence-electron chi connectivity index (χ1n) is 10.9. The van der Waals surface area contributed by atoms with Crippen molar-refractivity contribution in [3.8, 4) is 5.75 Å². The second-order valence-electron chi connectivity index (χ2n) is 8.54. The van der Waals surface area contributed by atoms with Gasteiger partial charge in [0, 0.05) is 36.1 Å². The molecule has 9 heteroatoms. The van der Waals surface area contributed by atoms with Crippen LogP contribution in [-0.4, -0.2) is 35.1 Å². The fourth-order valence-corrected chi connectivity index (χ4v) is 4.51. The van der Waals surface area contributed by atoms with E-state index >= 15 is 0 Å². The molecule has 0 spiro atoms. The zero-order valence-electron chi connectivity index (χ0n) is 18.4. The number of aryl methyl sites for hydroxylation is 1. The monoisotopic (exact) mass is 444 g/mol. The molecular formula is C23H30F2N6O. The van der Waals surface area contributed by atoms with Crippen molar-refractivity contribution in [2.24, 2.45) is 23.7 Å². The first-order chi connectivity index (χ1) is 15.3. The van der Waals surface area contributed by atoms with E-state index in [1.54, 1.807) is 17.1 Å². The van der Waals surface area contributed by atoms with Gasteiger partial charge in [0.2, 0.25) is 0 Å². The zero-order valence-corrected chi connectivity index (χ0v) is 18.4. The highest BCUT2D eigenvalue weighted by molar-refractivity contribution is 5.89. The third-order valence-corrected chi connectivity index (χ3v) is 6.35. The van der Waals surface area contributed by atoms with Crippen molar-refractivity contribution in [2.45, 2.75) is 43.7 Å². The molecule has 0 bridgehead atoms. The highest BCUT2D eigenvalue weighted by Crippen LogP contribution is 2.39. The number of nitrogens with zero attached hydrogens (tertiary/aromatic N) is 3. The number of alkyl halides is 2. The number of hydrogen-bond acceptors (Lipinski definition) is 6. The number of benzene rings is 1. The predicted molar refractivity (Wildman–Crippen MR) is 120 cm³/mol. The molecule has 1 atom stereocenters. The molecule has 1 unspecified atom stereocenters. The van der Waals surface area contributed by atoms with Crippen LogP contribution in [0.1, 0.15) is 43.2 Å². The summed E-state index contributed by atoms with van der Waals surface area (Å²) < 4.78 is 36.4. The van der Waals surface area contributed by atoms with Crippen molar-refractivity contribution < 1.29 is 13.5 Å². The van der Waals surface area contributed by atoms with Gasteiger partial charge >= 0.3 is 0 Å². The SMILES string of the molecule is COc1ccc(C(F)(F)CNC2=NC=C(c3cnn(C)c3)C(N)(C3CCCCC3)N2)cc1. The normalized spacial score (nSPS) is 22.0. The quantitative estimate of drug-likeness (QED) is 0.636. The van der Waals surface area contributed by atoms with E-state index in [1.807, 2.05) is 13.2 Å². The Morgan fingerprint density at radius 2 is 1.97 bits per heavy atom. The Balaban J connectivity index is 1.55. The van der Waals surface area contributed by atoms with Crippen LogP contribution in [0.4, 0.5) is 8.78 Å². The highest BCUT2D eigenvalue weighted by atomic mass is 19.3. The minimum Gasteiger partial charge on any atom is -0.497 e. The number of ether oxygens (including phenoxy) is 1. The van der Waals surface area contributed by atoms with Gasteiger partial charge in [-0.15, -0.1) is 0 Å². The molecule has 0 saturated heterocycles. The molecule has 32 heavy (non-hydrogen) atoms. The average Bonchev–Trinajstić information content (AvgIpc) is 3.24. The Morgan fingerprint density at radius 1 is 1.25 bits per heavy atom. The highest BCUT2D eigenvalue weighted by Gasteiger charge is 2.43. The number of hydrogen-bond donors (Lipinski definition) is 3. The maximum atomic E-state index is 14.8. The first kappa shape index (κ1) is 22.3. The number of nitrogens with two attached hydrogens (primary N) is 1. The maximum absolute atomic E-state index is 14.8. The Labute approximate surface area is 186 Å². The van der Waals surface area contributed by atoms with Crippen LogP contribution in [0.15, 0.2) is 47.9 Å². The van der Waals surface area contributed by atoms with E-state index in [9.17, 15) is 8.78 Å². The number of guanidine groups is 1. The van der Waals surface area contributed by atoms with Crippen LogP contribution >= 0.6 is 0 Å². The van der Waals surface area contributed by atoms with Crippen LogP contribution in [0.25, 0.3) is 5.57 Å². The lowest BCUT2D eigenvalue weighted by Gasteiger charge is -2.44. The molecule has 0 radical (unpaired) electrons. The summed E-state index contributed by atoms with van der Waals surface area (Å²) in [7, 11) is 3.34. The van der Waals surface area contributed by atoms with E-state index in [4.69, 9.17) is 10.5 Å². The molecule has 1 saturated carbocycles.